The molecule has 0 atom stereocenters. The van der Waals surface area contributed by atoms with Gasteiger partial charge in [-0.1, -0.05) is 29.8 Å². The van der Waals surface area contributed by atoms with Gasteiger partial charge in [-0.2, -0.15) is 0 Å². The van der Waals surface area contributed by atoms with E-state index in [9.17, 15) is 4.79 Å². The summed E-state index contributed by atoms with van der Waals surface area (Å²) in [5.74, 6) is -0.146. The molecule has 0 bridgehead atoms. The lowest BCUT2D eigenvalue weighted by molar-refractivity contribution is 0.455. The Morgan fingerprint density at radius 3 is 2.73 bits per heavy atom. The summed E-state index contributed by atoms with van der Waals surface area (Å²) in [5.41, 5.74) is 0.479. The lowest BCUT2D eigenvalue weighted by atomic mass is 10.2. The van der Waals surface area contributed by atoms with Crippen molar-refractivity contribution in [2.24, 2.45) is 0 Å². The van der Waals surface area contributed by atoms with Crippen LogP contribution in [0, 0.1) is 0 Å². The number of rotatable bonds is 2. The van der Waals surface area contributed by atoms with E-state index in [2.05, 4.69) is 4.98 Å². The summed E-state index contributed by atoms with van der Waals surface area (Å²) in [6.45, 7) is 0.343. The zero-order valence-corrected chi connectivity index (χ0v) is 8.53. The van der Waals surface area contributed by atoms with E-state index in [1.165, 1.54) is 10.8 Å². The van der Waals surface area contributed by atoms with Crippen molar-refractivity contribution in [1.29, 1.82) is 0 Å². The van der Waals surface area contributed by atoms with E-state index in [0.717, 1.165) is 5.56 Å². The molecule has 1 aromatic carbocycles. The maximum absolute atomic E-state index is 11.3. The highest BCUT2D eigenvalue weighted by Crippen LogP contribution is 2.15. The third-order valence-electron chi connectivity index (χ3n) is 2.07. The third-order valence-corrected chi connectivity index (χ3v) is 2.44. The Hall–Kier alpha value is -1.68. The summed E-state index contributed by atoms with van der Waals surface area (Å²) in [5, 5.41) is 9.67. The molecular formula is C10H9ClN2O2. The zero-order chi connectivity index (χ0) is 10.8. The molecule has 78 valence electrons. The Morgan fingerprint density at radius 2 is 2.13 bits per heavy atom. The number of aromatic amines is 1. The van der Waals surface area contributed by atoms with Crippen LogP contribution >= 0.6 is 11.6 Å². The number of hydrogen-bond donors (Lipinski definition) is 2. The molecule has 0 radical (unpaired) electrons. The Balaban J connectivity index is 2.34. The number of aromatic hydroxyl groups is 1. The highest BCUT2D eigenvalue weighted by atomic mass is 35.5. The van der Waals surface area contributed by atoms with Crippen LogP contribution in [0.1, 0.15) is 5.56 Å². The van der Waals surface area contributed by atoms with Gasteiger partial charge in [0.25, 0.3) is 0 Å². The fourth-order valence-electron chi connectivity index (χ4n) is 1.35. The molecule has 0 amide bonds. The van der Waals surface area contributed by atoms with Gasteiger partial charge in [0.1, 0.15) is 0 Å². The van der Waals surface area contributed by atoms with Crippen molar-refractivity contribution in [3.05, 3.63) is 51.5 Å². The maximum Gasteiger partial charge on any atom is 0.328 e. The average Bonchev–Trinajstić information content (AvgIpc) is 2.49. The summed E-state index contributed by atoms with van der Waals surface area (Å²) in [6.07, 6.45) is 1.34. The Bertz CT molecular complexity index is 530. The molecule has 0 fully saturated rings. The fourth-order valence-corrected chi connectivity index (χ4v) is 1.54. The van der Waals surface area contributed by atoms with Gasteiger partial charge in [-0.15, -0.1) is 0 Å². The van der Waals surface area contributed by atoms with Gasteiger partial charge in [-0.05, 0) is 11.6 Å². The third kappa shape index (κ3) is 2.05. The summed E-state index contributed by atoms with van der Waals surface area (Å²) in [6, 6.07) is 7.26. The number of nitrogens with one attached hydrogen (secondary N) is 1. The Morgan fingerprint density at radius 1 is 1.40 bits per heavy atom. The van der Waals surface area contributed by atoms with Crippen molar-refractivity contribution in [2.45, 2.75) is 6.54 Å². The van der Waals surface area contributed by atoms with Crippen LogP contribution in [-0.2, 0) is 6.54 Å². The van der Waals surface area contributed by atoms with E-state index in [-0.39, 0.29) is 11.6 Å². The zero-order valence-electron chi connectivity index (χ0n) is 7.77. The smallest absolute Gasteiger partial charge is 0.328 e. The van der Waals surface area contributed by atoms with Gasteiger partial charge >= 0.3 is 5.69 Å². The lowest BCUT2D eigenvalue weighted by Gasteiger charge is -2.03. The minimum absolute atomic E-state index is 0.146. The summed E-state index contributed by atoms with van der Waals surface area (Å²) in [4.78, 5) is 13.5. The van der Waals surface area contributed by atoms with Gasteiger partial charge in [0, 0.05) is 5.02 Å². The van der Waals surface area contributed by atoms with E-state index in [4.69, 9.17) is 16.7 Å². The van der Waals surface area contributed by atoms with Crippen LogP contribution in [0.2, 0.25) is 5.02 Å². The molecule has 15 heavy (non-hydrogen) atoms. The first-order chi connectivity index (χ1) is 7.16. The van der Waals surface area contributed by atoms with E-state index in [1.54, 1.807) is 6.07 Å². The van der Waals surface area contributed by atoms with Crippen molar-refractivity contribution < 1.29 is 5.11 Å². The molecule has 0 aliphatic heterocycles. The number of benzene rings is 1. The van der Waals surface area contributed by atoms with E-state index in [1.807, 2.05) is 18.2 Å². The number of halogens is 1. The first-order valence-corrected chi connectivity index (χ1v) is 4.76. The van der Waals surface area contributed by atoms with Gasteiger partial charge in [-0.25, -0.2) is 4.79 Å². The molecule has 5 heteroatoms. The molecule has 2 aromatic rings. The first-order valence-electron chi connectivity index (χ1n) is 4.38. The van der Waals surface area contributed by atoms with Crippen molar-refractivity contribution in [3.63, 3.8) is 0 Å². The maximum atomic E-state index is 11.3. The number of H-pyrrole nitrogens is 1. The molecule has 0 unspecified atom stereocenters. The van der Waals surface area contributed by atoms with E-state index < -0.39 is 0 Å². The average molecular weight is 225 g/mol. The largest absolute Gasteiger partial charge is 0.493 e. The molecule has 0 saturated carbocycles. The van der Waals surface area contributed by atoms with E-state index in [0.29, 0.717) is 11.6 Å². The van der Waals surface area contributed by atoms with Crippen LogP contribution in [0.4, 0.5) is 0 Å². The number of aromatic nitrogens is 2. The number of nitrogens with zero attached hydrogens (tertiary/aromatic N) is 1. The van der Waals surface area contributed by atoms with Gasteiger partial charge in [0.15, 0.2) is 0 Å². The summed E-state index contributed by atoms with van der Waals surface area (Å²) in [7, 11) is 0. The molecule has 4 nitrogen and oxygen atoms in total. The minimum Gasteiger partial charge on any atom is -0.493 e. The normalized spacial score (nSPS) is 10.5. The van der Waals surface area contributed by atoms with Gasteiger partial charge in [0.05, 0.1) is 12.7 Å². The van der Waals surface area contributed by atoms with Crippen LogP contribution in [0.3, 0.4) is 0 Å². The van der Waals surface area contributed by atoms with Crippen molar-refractivity contribution in [3.8, 4) is 5.88 Å². The van der Waals surface area contributed by atoms with Gasteiger partial charge in [-0.3, -0.25) is 9.55 Å². The summed E-state index contributed by atoms with van der Waals surface area (Å²) < 4.78 is 1.36. The number of imidazole rings is 1. The Kier molecular flexibility index (Phi) is 2.51. The van der Waals surface area contributed by atoms with Crippen molar-refractivity contribution >= 4 is 11.6 Å². The van der Waals surface area contributed by atoms with Crippen LogP contribution in [0.15, 0.2) is 35.3 Å². The molecule has 2 N–H and O–H groups in total. The standard InChI is InChI=1S/C10H9ClN2O2/c11-8-4-2-1-3-7(8)5-13-6-9(14)12-10(13)15/h1-4,6,14H,5H2,(H,12,15). The second kappa shape index (κ2) is 3.82. The van der Waals surface area contributed by atoms with Crippen LogP contribution < -0.4 is 5.69 Å². The topological polar surface area (TPSA) is 58.0 Å². The highest BCUT2D eigenvalue weighted by Gasteiger charge is 2.04. The Labute approximate surface area is 90.8 Å². The monoisotopic (exact) mass is 224 g/mol. The molecule has 0 aliphatic rings. The van der Waals surface area contributed by atoms with Gasteiger partial charge in [0.2, 0.25) is 5.88 Å². The highest BCUT2D eigenvalue weighted by molar-refractivity contribution is 6.31. The van der Waals surface area contributed by atoms with E-state index >= 15 is 0 Å². The molecule has 2 rings (SSSR count). The van der Waals surface area contributed by atoms with Crippen LogP contribution in [0.25, 0.3) is 0 Å². The summed E-state index contributed by atoms with van der Waals surface area (Å²) >= 11 is 5.95. The van der Waals surface area contributed by atoms with Crippen molar-refractivity contribution in [1.82, 2.24) is 9.55 Å². The predicted octanol–water partition coefficient (Wildman–Crippen LogP) is 1.58. The van der Waals surface area contributed by atoms with Crippen LogP contribution in [-0.4, -0.2) is 14.7 Å². The molecule has 0 saturated heterocycles. The fraction of sp³-hybridized carbons (Fsp3) is 0.100. The quantitative estimate of drug-likeness (QED) is 0.814. The lowest BCUT2D eigenvalue weighted by Crippen LogP contribution is -2.16. The minimum atomic E-state index is -0.354. The predicted molar refractivity (Wildman–Crippen MR) is 57.3 cm³/mol. The molecule has 0 spiro atoms. The first kappa shape index (κ1) is 9.86. The second-order valence-electron chi connectivity index (χ2n) is 3.16. The molecule has 0 aliphatic carbocycles. The molecule has 1 aromatic heterocycles. The second-order valence-corrected chi connectivity index (χ2v) is 3.57. The molecule has 1 heterocycles. The van der Waals surface area contributed by atoms with Crippen LogP contribution in [0.5, 0.6) is 5.88 Å². The molecular weight excluding hydrogens is 216 g/mol. The SMILES string of the molecule is O=c1[nH]c(O)cn1Cc1ccccc1Cl. The number of hydrogen-bond acceptors (Lipinski definition) is 2. The van der Waals surface area contributed by atoms with Gasteiger partial charge < -0.3 is 5.11 Å². The van der Waals surface area contributed by atoms with Crippen molar-refractivity contribution in [2.75, 3.05) is 0 Å².